The first-order valence-corrected chi connectivity index (χ1v) is 6.08. The molecule has 1 aliphatic carbocycles. The Bertz CT molecular complexity index is 526. The van der Waals surface area contributed by atoms with Crippen LogP contribution >= 0.6 is 11.6 Å². The highest BCUT2D eigenvalue weighted by Crippen LogP contribution is 2.25. The Kier molecular flexibility index (Phi) is 2.41. The molecule has 3 heteroatoms. The molecule has 0 unspecified atom stereocenters. The number of hydrogen-bond acceptors (Lipinski definition) is 1. The lowest BCUT2D eigenvalue weighted by atomic mass is 10.2. The van der Waals surface area contributed by atoms with Crippen LogP contribution in [-0.2, 0) is 13.6 Å². The highest BCUT2D eigenvalue weighted by molar-refractivity contribution is 6.31. The van der Waals surface area contributed by atoms with Crippen molar-refractivity contribution in [1.82, 2.24) is 9.88 Å². The predicted molar refractivity (Wildman–Crippen MR) is 67.8 cm³/mol. The van der Waals surface area contributed by atoms with Crippen molar-refractivity contribution in [1.29, 1.82) is 0 Å². The molecule has 0 amide bonds. The standard InChI is InChI=1S/C13H15ClN2/c1-16-8-9(7-15-11-3-4-11)12-5-2-10(14)6-13(12)16/h2,5-6,8,11,15H,3-4,7H2,1H3. The van der Waals surface area contributed by atoms with Crippen LogP contribution < -0.4 is 5.32 Å². The average molecular weight is 235 g/mol. The summed E-state index contributed by atoms with van der Waals surface area (Å²) in [6.07, 6.45) is 4.85. The smallest absolute Gasteiger partial charge is 0.0495 e. The zero-order valence-corrected chi connectivity index (χ0v) is 10.1. The molecule has 1 fully saturated rings. The molecule has 0 saturated heterocycles. The van der Waals surface area contributed by atoms with Gasteiger partial charge in [0, 0.05) is 41.8 Å². The SMILES string of the molecule is Cn1cc(CNC2CC2)c2ccc(Cl)cc21. The Hall–Kier alpha value is -0.990. The van der Waals surface area contributed by atoms with Crippen molar-refractivity contribution in [3.8, 4) is 0 Å². The number of rotatable bonds is 3. The van der Waals surface area contributed by atoms with Crippen LogP contribution in [0.2, 0.25) is 5.02 Å². The highest BCUT2D eigenvalue weighted by atomic mass is 35.5. The van der Waals surface area contributed by atoms with E-state index in [1.54, 1.807) is 0 Å². The Morgan fingerprint density at radius 3 is 3.00 bits per heavy atom. The summed E-state index contributed by atoms with van der Waals surface area (Å²) in [7, 11) is 2.07. The summed E-state index contributed by atoms with van der Waals surface area (Å²) in [5.74, 6) is 0. The Morgan fingerprint density at radius 2 is 2.25 bits per heavy atom. The van der Waals surface area contributed by atoms with Crippen LogP contribution in [0.15, 0.2) is 24.4 Å². The molecule has 1 heterocycles. The Balaban J connectivity index is 1.97. The van der Waals surface area contributed by atoms with E-state index in [-0.39, 0.29) is 0 Å². The van der Waals surface area contributed by atoms with Gasteiger partial charge in [-0.15, -0.1) is 0 Å². The van der Waals surface area contributed by atoms with Crippen molar-refractivity contribution >= 4 is 22.5 Å². The van der Waals surface area contributed by atoms with E-state index >= 15 is 0 Å². The lowest BCUT2D eigenvalue weighted by Crippen LogP contribution is -2.14. The lowest BCUT2D eigenvalue weighted by Gasteiger charge is -2.00. The third kappa shape index (κ3) is 1.83. The fraction of sp³-hybridized carbons (Fsp3) is 0.385. The van der Waals surface area contributed by atoms with Crippen LogP contribution in [0.1, 0.15) is 18.4 Å². The number of hydrogen-bond donors (Lipinski definition) is 1. The van der Waals surface area contributed by atoms with Gasteiger partial charge in [-0.3, -0.25) is 0 Å². The molecule has 1 N–H and O–H groups in total. The van der Waals surface area contributed by atoms with Crippen LogP contribution in [0.4, 0.5) is 0 Å². The summed E-state index contributed by atoms with van der Waals surface area (Å²) in [6, 6.07) is 6.85. The van der Waals surface area contributed by atoms with Crippen LogP contribution in [-0.4, -0.2) is 10.6 Å². The monoisotopic (exact) mass is 234 g/mol. The summed E-state index contributed by atoms with van der Waals surface area (Å²) in [5.41, 5.74) is 2.57. The van der Waals surface area contributed by atoms with Gasteiger partial charge in [0.15, 0.2) is 0 Å². The van der Waals surface area contributed by atoms with Gasteiger partial charge in [0.05, 0.1) is 0 Å². The molecule has 3 rings (SSSR count). The minimum atomic E-state index is 0.752. The summed E-state index contributed by atoms with van der Waals surface area (Å²) >= 11 is 6.01. The fourth-order valence-electron chi connectivity index (χ4n) is 2.12. The largest absolute Gasteiger partial charge is 0.350 e. The normalized spacial score (nSPS) is 15.9. The van der Waals surface area contributed by atoms with Gasteiger partial charge >= 0.3 is 0 Å². The van der Waals surface area contributed by atoms with Crippen molar-refractivity contribution in [3.05, 3.63) is 35.0 Å². The third-order valence-corrected chi connectivity index (χ3v) is 3.43. The zero-order chi connectivity index (χ0) is 11.1. The van der Waals surface area contributed by atoms with Gasteiger partial charge in [0.2, 0.25) is 0 Å². The van der Waals surface area contributed by atoms with Gasteiger partial charge in [-0.25, -0.2) is 0 Å². The van der Waals surface area contributed by atoms with Crippen LogP contribution in [0.5, 0.6) is 0 Å². The number of aromatic nitrogens is 1. The quantitative estimate of drug-likeness (QED) is 0.864. The van der Waals surface area contributed by atoms with E-state index in [2.05, 4.69) is 29.2 Å². The highest BCUT2D eigenvalue weighted by Gasteiger charge is 2.20. The molecule has 0 atom stereocenters. The van der Waals surface area contributed by atoms with Crippen LogP contribution in [0.3, 0.4) is 0 Å². The predicted octanol–water partition coefficient (Wildman–Crippen LogP) is 3.08. The lowest BCUT2D eigenvalue weighted by molar-refractivity contribution is 0.689. The number of nitrogens with one attached hydrogen (secondary N) is 1. The van der Waals surface area contributed by atoms with Crippen molar-refractivity contribution < 1.29 is 0 Å². The van der Waals surface area contributed by atoms with E-state index in [0.717, 1.165) is 17.6 Å². The first-order valence-electron chi connectivity index (χ1n) is 5.71. The number of aryl methyl sites for hydroxylation is 1. The van der Waals surface area contributed by atoms with Crippen LogP contribution in [0, 0.1) is 0 Å². The Morgan fingerprint density at radius 1 is 1.44 bits per heavy atom. The summed E-state index contributed by atoms with van der Waals surface area (Å²) in [4.78, 5) is 0. The minimum absolute atomic E-state index is 0.752. The van der Waals surface area contributed by atoms with E-state index in [9.17, 15) is 0 Å². The molecule has 0 radical (unpaired) electrons. The van der Waals surface area contributed by atoms with Gasteiger partial charge < -0.3 is 9.88 Å². The average Bonchev–Trinajstić information content (AvgIpc) is 3.03. The van der Waals surface area contributed by atoms with Gasteiger partial charge in [-0.1, -0.05) is 17.7 Å². The molecule has 84 valence electrons. The van der Waals surface area contributed by atoms with E-state index in [1.807, 2.05) is 12.1 Å². The molecular formula is C13H15ClN2. The topological polar surface area (TPSA) is 17.0 Å². The first-order chi connectivity index (χ1) is 7.74. The van der Waals surface area contributed by atoms with Gasteiger partial charge in [0.25, 0.3) is 0 Å². The number of halogens is 1. The second-order valence-electron chi connectivity index (χ2n) is 4.58. The summed E-state index contributed by atoms with van der Waals surface area (Å²) in [6.45, 7) is 0.962. The van der Waals surface area contributed by atoms with Crippen molar-refractivity contribution in [3.63, 3.8) is 0 Å². The number of fused-ring (bicyclic) bond motifs is 1. The molecule has 2 nitrogen and oxygen atoms in total. The number of benzene rings is 1. The second kappa shape index (κ2) is 3.79. The maximum absolute atomic E-state index is 6.01. The van der Waals surface area contributed by atoms with Crippen LogP contribution in [0.25, 0.3) is 10.9 Å². The van der Waals surface area contributed by atoms with E-state index in [1.165, 1.54) is 29.3 Å². The third-order valence-electron chi connectivity index (χ3n) is 3.19. The first kappa shape index (κ1) is 10.2. The van der Waals surface area contributed by atoms with Gasteiger partial charge in [0.1, 0.15) is 0 Å². The molecule has 1 aromatic carbocycles. The minimum Gasteiger partial charge on any atom is -0.350 e. The fourth-order valence-corrected chi connectivity index (χ4v) is 2.29. The zero-order valence-electron chi connectivity index (χ0n) is 9.33. The Labute approximate surface area is 100 Å². The molecule has 1 aliphatic rings. The van der Waals surface area contributed by atoms with Crippen molar-refractivity contribution in [2.45, 2.75) is 25.4 Å². The van der Waals surface area contributed by atoms with E-state index in [4.69, 9.17) is 11.6 Å². The maximum Gasteiger partial charge on any atom is 0.0495 e. The van der Waals surface area contributed by atoms with Gasteiger partial charge in [-0.05, 0) is 30.5 Å². The van der Waals surface area contributed by atoms with Crippen molar-refractivity contribution in [2.75, 3.05) is 0 Å². The molecule has 1 saturated carbocycles. The summed E-state index contributed by atoms with van der Waals surface area (Å²) < 4.78 is 2.14. The summed E-state index contributed by atoms with van der Waals surface area (Å²) in [5, 5.41) is 5.65. The molecule has 2 aromatic rings. The second-order valence-corrected chi connectivity index (χ2v) is 5.02. The molecule has 16 heavy (non-hydrogen) atoms. The number of nitrogens with zero attached hydrogens (tertiary/aromatic N) is 1. The molecule has 0 bridgehead atoms. The van der Waals surface area contributed by atoms with E-state index in [0.29, 0.717) is 0 Å². The maximum atomic E-state index is 6.01. The molecule has 0 aliphatic heterocycles. The van der Waals surface area contributed by atoms with Crippen molar-refractivity contribution in [2.24, 2.45) is 7.05 Å². The molecule has 1 aromatic heterocycles. The van der Waals surface area contributed by atoms with Gasteiger partial charge in [-0.2, -0.15) is 0 Å². The molecular weight excluding hydrogens is 220 g/mol. The molecule has 0 spiro atoms. The van der Waals surface area contributed by atoms with E-state index < -0.39 is 0 Å².